The van der Waals surface area contributed by atoms with Crippen molar-refractivity contribution in [2.45, 2.75) is 50.5 Å². The third kappa shape index (κ3) is 3.40. The minimum absolute atomic E-state index is 0. The van der Waals surface area contributed by atoms with Crippen molar-refractivity contribution in [3.63, 3.8) is 0 Å². The Hall–Kier alpha value is -1.59. The minimum atomic E-state index is 0. The molecule has 2 fully saturated rings. The molecule has 1 saturated heterocycles. The van der Waals surface area contributed by atoms with E-state index in [2.05, 4.69) is 38.6 Å². The van der Waals surface area contributed by atoms with Crippen LogP contribution in [0.25, 0.3) is 0 Å². The number of nitrogens with one attached hydrogen (secondary N) is 1. The van der Waals surface area contributed by atoms with E-state index in [4.69, 9.17) is 4.52 Å². The SMILES string of the molecule is Cl.c1cc2c(c(CN3CCCC(c4noc(C5CC5)n4)C3)c1)NCC2. The van der Waals surface area contributed by atoms with Crippen molar-refractivity contribution < 1.29 is 4.52 Å². The third-order valence-corrected chi connectivity index (χ3v) is 5.58. The molecule has 25 heavy (non-hydrogen) atoms. The van der Waals surface area contributed by atoms with E-state index >= 15 is 0 Å². The van der Waals surface area contributed by atoms with Gasteiger partial charge in [-0.1, -0.05) is 23.4 Å². The molecule has 1 atom stereocenters. The topological polar surface area (TPSA) is 54.2 Å². The fraction of sp³-hybridized carbons (Fsp3) is 0.579. The lowest BCUT2D eigenvalue weighted by Gasteiger charge is -2.31. The number of rotatable bonds is 4. The Bertz CT molecular complexity index is 743. The first kappa shape index (κ1) is 16.9. The van der Waals surface area contributed by atoms with Crippen LogP contribution in [0.3, 0.4) is 0 Å². The van der Waals surface area contributed by atoms with Crippen LogP contribution in [0.1, 0.15) is 60.4 Å². The van der Waals surface area contributed by atoms with Gasteiger partial charge in [0.1, 0.15) is 0 Å². The summed E-state index contributed by atoms with van der Waals surface area (Å²) in [5.41, 5.74) is 4.26. The number of anilines is 1. The molecule has 3 aliphatic rings. The van der Waals surface area contributed by atoms with Crippen molar-refractivity contribution in [3.05, 3.63) is 41.0 Å². The van der Waals surface area contributed by atoms with Gasteiger partial charge < -0.3 is 9.84 Å². The molecule has 1 aromatic carbocycles. The van der Waals surface area contributed by atoms with Crippen LogP contribution in [0.4, 0.5) is 5.69 Å². The molecule has 0 spiro atoms. The summed E-state index contributed by atoms with van der Waals surface area (Å²) >= 11 is 0. The molecule has 1 N–H and O–H groups in total. The van der Waals surface area contributed by atoms with Crippen LogP contribution in [0.15, 0.2) is 22.7 Å². The third-order valence-electron chi connectivity index (χ3n) is 5.58. The number of halogens is 1. The molecule has 2 aromatic rings. The van der Waals surface area contributed by atoms with E-state index in [1.165, 1.54) is 42.5 Å². The van der Waals surface area contributed by atoms with Crippen LogP contribution < -0.4 is 5.32 Å². The molecule has 1 aliphatic carbocycles. The predicted octanol–water partition coefficient (Wildman–Crippen LogP) is 3.72. The maximum atomic E-state index is 5.47. The van der Waals surface area contributed by atoms with Crippen LogP contribution in [0.2, 0.25) is 0 Å². The zero-order valence-corrected chi connectivity index (χ0v) is 15.2. The standard InChI is InChI=1S/C19H24N4O.ClH/c1-3-13-8-9-20-17(13)15(4-1)11-23-10-2-5-16(12-23)18-21-19(24-22-18)14-6-7-14;/h1,3-4,14,16,20H,2,5-12H2;1H. The van der Waals surface area contributed by atoms with Gasteiger partial charge >= 0.3 is 0 Å². The summed E-state index contributed by atoms with van der Waals surface area (Å²) in [7, 11) is 0. The molecular weight excluding hydrogens is 336 g/mol. The average Bonchev–Trinajstić information content (AvgIpc) is 3.14. The first-order valence-corrected chi connectivity index (χ1v) is 9.27. The summed E-state index contributed by atoms with van der Waals surface area (Å²) in [6.07, 6.45) is 5.96. The molecule has 134 valence electrons. The van der Waals surface area contributed by atoms with Gasteiger partial charge in [-0.15, -0.1) is 12.4 Å². The molecule has 6 heteroatoms. The smallest absolute Gasteiger partial charge is 0.229 e. The highest BCUT2D eigenvalue weighted by Crippen LogP contribution is 2.39. The van der Waals surface area contributed by atoms with Gasteiger partial charge in [-0.05, 0) is 49.8 Å². The van der Waals surface area contributed by atoms with Crippen molar-refractivity contribution in [1.82, 2.24) is 15.0 Å². The number of piperidine rings is 1. The highest BCUT2D eigenvalue weighted by molar-refractivity contribution is 5.85. The second-order valence-electron chi connectivity index (χ2n) is 7.47. The summed E-state index contributed by atoms with van der Waals surface area (Å²) in [6, 6.07) is 6.71. The van der Waals surface area contributed by atoms with Crippen LogP contribution in [0.5, 0.6) is 0 Å². The Labute approximate surface area is 154 Å². The summed E-state index contributed by atoms with van der Waals surface area (Å²) in [5, 5.41) is 7.83. The van der Waals surface area contributed by atoms with Crippen molar-refractivity contribution >= 4 is 18.1 Å². The lowest BCUT2D eigenvalue weighted by molar-refractivity contribution is 0.195. The number of nitrogens with zero attached hydrogens (tertiary/aromatic N) is 3. The summed E-state index contributed by atoms with van der Waals surface area (Å²) < 4.78 is 5.47. The molecule has 0 bridgehead atoms. The number of likely N-dealkylation sites (tertiary alicyclic amines) is 1. The fourth-order valence-corrected chi connectivity index (χ4v) is 4.10. The van der Waals surface area contributed by atoms with E-state index in [-0.39, 0.29) is 12.4 Å². The molecule has 2 aliphatic heterocycles. The Morgan fingerprint density at radius 1 is 1.20 bits per heavy atom. The van der Waals surface area contributed by atoms with Crippen LogP contribution in [-0.4, -0.2) is 34.7 Å². The van der Waals surface area contributed by atoms with Crippen LogP contribution in [0, 0.1) is 0 Å². The number of fused-ring (bicyclic) bond motifs is 1. The Morgan fingerprint density at radius 2 is 2.12 bits per heavy atom. The van der Waals surface area contributed by atoms with Crippen molar-refractivity contribution in [1.29, 1.82) is 0 Å². The average molecular weight is 361 g/mol. The molecule has 0 radical (unpaired) electrons. The van der Waals surface area contributed by atoms with Gasteiger partial charge in [-0.25, -0.2) is 0 Å². The van der Waals surface area contributed by atoms with Crippen LogP contribution in [-0.2, 0) is 13.0 Å². The molecule has 1 aromatic heterocycles. The lowest BCUT2D eigenvalue weighted by atomic mass is 9.96. The minimum Gasteiger partial charge on any atom is -0.384 e. The monoisotopic (exact) mass is 360 g/mol. The molecule has 5 rings (SSSR count). The molecule has 5 nitrogen and oxygen atoms in total. The maximum Gasteiger partial charge on any atom is 0.229 e. The van der Waals surface area contributed by atoms with E-state index in [0.717, 1.165) is 44.3 Å². The summed E-state index contributed by atoms with van der Waals surface area (Å²) in [4.78, 5) is 7.23. The zero-order chi connectivity index (χ0) is 15.9. The number of hydrogen-bond acceptors (Lipinski definition) is 5. The Balaban J connectivity index is 0.00000157. The van der Waals surface area contributed by atoms with Crippen molar-refractivity contribution in [2.24, 2.45) is 0 Å². The predicted molar refractivity (Wildman–Crippen MR) is 99.4 cm³/mol. The molecule has 0 amide bonds. The van der Waals surface area contributed by atoms with E-state index in [9.17, 15) is 0 Å². The fourth-order valence-electron chi connectivity index (χ4n) is 4.10. The lowest BCUT2D eigenvalue weighted by Crippen LogP contribution is -2.34. The molecule has 1 saturated carbocycles. The Kier molecular flexibility index (Phi) is 4.69. The van der Waals surface area contributed by atoms with E-state index < -0.39 is 0 Å². The van der Waals surface area contributed by atoms with Gasteiger partial charge in [0.15, 0.2) is 5.82 Å². The quantitative estimate of drug-likeness (QED) is 0.900. The van der Waals surface area contributed by atoms with E-state index in [1.54, 1.807) is 0 Å². The maximum absolute atomic E-state index is 5.47. The first-order chi connectivity index (χ1) is 11.9. The molecule has 3 heterocycles. The highest BCUT2D eigenvalue weighted by Gasteiger charge is 2.32. The van der Waals surface area contributed by atoms with Gasteiger partial charge in [-0.3, -0.25) is 4.90 Å². The highest BCUT2D eigenvalue weighted by atomic mass is 35.5. The second kappa shape index (κ2) is 6.96. The van der Waals surface area contributed by atoms with Gasteiger partial charge in [-0.2, -0.15) is 4.98 Å². The van der Waals surface area contributed by atoms with Gasteiger partial charge in [0.05, 0.1) is 0 Å². The van der Waals surface area contributed by atoms with Gasteiger partial charge in [0.2, 0.25) is 5.89 Å². The summed E-state index contributed by atoms with van der Waals surface area (Å²) in [6.45, 7) is 4.28. The first-order valence-electron chi connectivity index (χ1n) is 9.27. The van der Waals surface area contributed by atoms with Crippen LogP contribution >= 0.6 is 12.4 Å². The van der Waals surface area contributed by atoms with Crippen molar-refractivity contribution in [3.8, 4) is 0 Å². The number of benzene rings is 1. The van der Waals surface area contributed by atoms with E-state index in [0.29, 0.717) is 11.8 Å². The normalized spacial score (nSPS) is 23.0. The number of para-hydroxylation sites is 1. The largest absolute Gasteiger partial charge is 0.384 e. The van der Waals surface area contributed by atoms with E-state index in [1.807, 2.05) is 0 Å². The van der Waals surface area contributed by atoms with Gasteiger partial charge in [0, 0.05) is 37.2 Å². The molecule has 1 unspecified atom stereocenters. The summed E-state index contributed by atoms with van der Waals surface area (Å²) in [5.74, 6) is 2.76. The molecular formula is C19H25ClN4O. The number of hydrogen-bond donors (Lipinski definition) is 1. The zero-order valence-electron chi connectivity index (χ0n) is 14.4. The van der Waals surface area contributed by atoms with Crippen molar-refractivity contribution in [2.75, 3.05) is 25.0 Å². The second-order valence-corrected chi connectivity index (χ2v) is 7.47. The number of aromatic nitrogens is 2. The van der Waals surface area contributed by atoms with Gasteiger partial charge in [0.25, 0.3) is 0 Å². The Morgan fingerprint density at radius 3 is 3.00 bits per heavy atom.